The first-order chi connectivity index (χ1) is 14.1. The number of carbonyl (C=O) groups excluding carboxylic acids is 1. The fraction of sp³-hybridized carbons (Fsp3) is 0.200. The molecular formula is C20H15Cl3F3N3O. The van der Waals surface area contributed by atoms with Gasteiger partial charge in [0.15, 0.2) is 5.69 Å². The number of nitrogens with zero attached hydrogens (tertiary/aromatic N) is 2. The van der Waals surface area contributed by atoms with Crippen molar-refractivity contribution in [2.45, 2.75) is 25.6 Å². The van der Waals surface area contributed by atoms with Gasteiger partial charge in [-0.05, 0) is 48.9 Å². The van der Waals surface area contributed by atoms with E-state index in [0.29, 0.717) is 26.3 Å². The van der Waals surface area contributed by atoms with Gasteiger partial charge in [-0.1, -0.05) is 46.9 Å². The van der Waals surface area contributed by atoms with Gasteiger partial charge in [0.2, 0.25) is 5.91 Å². The van der Waals surface area contributed by atoms with Crippen molar-refractivity contribution in [1.29, 1.82) is 0 Å². The molecule has 3 aromatic rings. The van der Waals surface area contributed by atoms with Crippen LogP contribution in [0.5, 0.6) is 0 Å². The van der Waals surface area contributed by atoms with E-state index in [2.05, 4.69) is 10.4 Å². The number of halogens is 6. The molecule has 1 heterocycles. The zero-order chi connectivity index (χ0) is 22.1. The van der Waals surface area contributed by atoms with Crippen molar-refractivity contribution in [1.82, 2.24) is 15.1 Å². The molecule has 1 amide bonds. The van der Waals surface area contributed by atoms with Gasteiger partial charge >= 0.3 is 6.18 Å². The summed E-state index contributed by atoms with van der Waals surface area (Å²) in [7, 11) is 0. The fourth-order valence-electron chi connectivity index (χ4n) is 2.78. The first-order valence-corrected chi connectivity index (χ1v) is 9.84. The molecule has 0 aliphatic rings. The van der Waals surface area contributed by atoms with Crippen LogP contribution in [0.1, 0.15) is 29.8 Å². The highest BCUT2D eigenvalue weighted by Gasteiger charge is 2.35. The number of benzene rings is 2. The molecule has 1 N–H and O–H groups in total. The van der Waals surface area contributed by atoms with E-state index in [1.807, 2.05) is 0 Å². The minimum Gasteiger partial charge on any atom is -0.350 e. The van der Waals surface area contributed by atoms with Crippen LogP contribution in [-0.4, -0.2) is 15.7 Å². The van der Waals surface area contributed by atoms with Crippen LogP contribution in [0.15, 0.2) is 48.5 Å². The molecule has 0 saturated heterocycles. The van der Waals surface area contributed by atoms with E-state index in [1.54, 1.807) is 43.3 Å². The zero-order valence-electron chi connectivity index (χ0n) is 15.5. The summed E-state index contributed by atoms with van der Waals surface area (Å²) in [4.78, 5) is 12.6. The number of amides is 1. The summed E-state index contributed by atoms with van der Waals surface area (Å²) in [6, 6.07) is 12.0. The first-order valence-electron chi connectivity index (χ1n) is 8.71. The highest BCUT2D eigenvalue weighted by atomic mass is 35.5. The molecule has 1 aromatic heterocycles. The Hall–Kier alpha value is -2.22. The lowest BCUT2D eigenvalue weighted by molar-refractivity contribution is -0.141. The van der Waals surface area contributed by atoms with Crippen molar-refractivity contribution >= 4 is 40.7 Å². The van der Waals surface area contributed by atoms with Gasteiger partial charge in [-0.3, -0.25) is 4.79 Å². The molecule has 10 heteroatoms. The second-order valence-corrected chi connectivity index (χ2v) is 7.77. The van der Waals surface area contributed by atoms with Crippen molar-refractivity contribution in [2.75, 3.05) is 0 Å². The molecule has 158 valence electrons. The van der Waals surface area contributed by atoms with Crippen LogP contribution in [0, 0.1) is 0 Å². The van der Waals surface area contributed by atoms with E-state index in [4.69, 9.17) is 34.8 Å². The monoisotopic (exact) mass is 475 g/mol. The van der Waals surface area contributed by atoms with E-state index < -0.39 is 17.8 Å². The second-order valence-electron chi connectivity index (χ2n) is 6.52. The van der Waals surface area contributed by atoms with Gasteiger partial charge in [0, 0.05) is 5.02 Å². The molecule has 0 bridgehead atoms. The molecule has 0 radical (unpaired) electrons. The fourth-order valence-corrected chi connectivity index (χ4v) is 3.27. The molecule has 0 saturated carbocycles. The summed E-state index contributed by atoms with van der Waals surface area (Å²) in [6.07, 6.45) is -4.63. The third-order valence-electron chi connectivity index (χ3n) is 4.41. The van der Waals surface area contributed by atoms with Crippen LogP contribution in [0.3, 0.4) is 0 Å². The Morgan fingerprint density at radius 1 is 1.10 bits per heavy atom. The van der Waals surface area contributed by atoms with E-state index in [9.17, 15) is 18.0 Å². The Labute approximate surface area is 185 Å². The largest absolute Gasteiger partial charge is 0.435 e. The third-order valence-corrected chi connectivity index (χ3v) is 5.38. The number of hydrogen-bond donors (Lipinski definition) is 1. The van der Waals surface area contributed by atoms with Gasteiger partial charge in [-0.2, -0.15) is 18.3 Å². The number of alkyl halides is 3. The number of hydrogen-bond acceptors (Lipinski definition) is 2. The Bertz CT molecular complexity index is 1080. The van der Waals surface area contributed by atoms with Crippen molar-refractivity contribution in [3.63, 3.8) is 0 Å². The minimum atomic E-state index is -4.63. The Balaban J connectivity index is 1.84. The second kappa shape index (κ2) is 8.88. The summed E-state index contributed by atoms with van der Waals surface area (Å²) in [5, 5.41) is 7.30. The van der Waals surface area contributed by atoms with Gasteiger partial charge in [-0.25, -0.2) is 4.68 Å². The Morgan fingerprint density at radius 2 is 1.83 bits per heavy atom. The lowest BCUT2D eigenvalue weighted by Gasteiger charge is -2.14. The predicted octanol–water partition coefficient (Wildman–Crippen LogP) is 6.27. The molecule has 2 aromatic carbocycles. The maximum absolute atomic E-state index is 13.2. The molecule has 4 nitrogen and oxygen atoms in total. The quantitative estimate of drug-likeness (QED) is 0.472. The van der Waals surface area contributed by atoms with E-state index in [1.165, 1.54) is 6.07 Å². The molecule has 3 rings (SSSR count). The average molecular weight is 477 g/mol. The summed E-state index contributed by atoms with van der Waals surface area (Å²) in [6.45, 7) is 1.49. The van der Waals surface area contributed by atoms with Gasteiger partial charge < -0.3 is 5.32 Å². The number of aromatic nitrogens is 2. The Morgan fingerprint density at radius 3 is 2.47 bits per heavy atom. The number of rotatable bonds is 5. The van der Waals surface area contributed by atoms with Crippen molar-refractivity contribution < 1.29 is 18.0 Å². The molecule has 0 aliphatic heterocycles. The Kier molecular flexibility index (Phi) is 6.65. The zero-order valence-corrected chi connectivity index (χ0v) is 17.7. The van der Waals surface area contributed by atoms with Crippen LogP contribution in [0.25, 0.3) is 5.69 Å². The maximum Gasteiger partial charge on any atom is 0.435 e. The molecule has 0 fully saturated rings. The number of carbonyl (C=O) groups is 1. The topological polar surface area (TPSA) is 46.9 Å². The summed E-state index contributed by atoms with van der Waals surface area (Å²) in [5.41, 5.74) is 0.0598. The van der Waals surface area contributed by atoms with Crippen molar-refractivity contribution in [3.05, 3.63) is 80.6 Å². The lowest BCUT2D eigenvalue weighted by atomic mass is 10.0. The van der Waals surface area contributed by atoms with E-state index >= 15 is 0 Å². The normalized spacial score (nSPS) is 12.6. The van der Waals surface area contributed by atoms with Crippen molar-refractivity contribution in [2.24, 2.45) is 0 Å². The van der Waals surface area contributed by atoms with Gasteiger partial charge in [0.1, 0.15) is 0 Å². The molecule has 0 aliphatic carbocycles. The molecule has 0 spiro atoms. The van der Waals surface area contributed by atoms with Crippen LogP contribution >= 0.6 is 34.8 Å². The van der Waals surface area contributed by atoms with Crippen LogP contribution in [0.4, 0.5) is 13.2 Å². The van der Waals surface area contributed by atoms with Crippen molar-refractivity contribution in [3.8, 4) is 5.69 Å². The summed E-state index contributed by atoms with van der Waals surface area (Å²) >= 11 is 17.8. The summed E-state index contributed by atoms with van der Waals surface area (Å²) in [5.74, 6) is -0.981. The van der Waals surface area contributed by atoms with Gasteiger partial charge in [0.25, 0.3) is 0 Å². The highest BCUT2D eigenvalue weighted by molar-refractivity contribution is 6.42. The lowest BCUT2D eigenvalue weighted by Crippen LogP contribution is -2.28. The van der Waals surface area contributed by atoms with E-state index in [0.717, 1.165) is 10.7 Å². The molecule has 1 unspecified atom stereocenters. The summed E-state index contributed by atoms with van der Waals surface area (Å²) < 4.78 is 40.7. The van der Waals surface area contributed by atoms with Crippen LogP contribution < -0.4 is 5.32 Å². The van der Waals surface area contributed by atoms with E-state index in [-0.39, 0.29) is 18.1 Å². The maximum atomic E-state index is 13.2. The average Bonchev–Trinajstić information content (AvgIpc) is 3.12. The van der Waals surface area contributed by atoms with Gasteiger partial charge in [0.05, 0.1) is 33.9 Å². The van der Waals surface area contributed by atoms with Gasteiger partial charge in [-0.15, -0.1) is 0 Å². The minimum absolute atomic E-state index is 0.152. The van der Waals surface area contributed by atoms with Crippen LogP contribution in [-0.2, 0) is 17.5 Å². The third kappa shape index (κ3) is 5.09. The molecule has 30 heavy (non-hydrogen) atoms. The SMILES string of the molecule is CC(C(=O)NCc1cc(C(F)(F)F)nn1-c1cccc(Cl)c1)c1ccc(Cl)c(Cl)c1. The highest BCUT2D eigenvalue weighted by Crippen LogP contribution is 2.30. The smallest absolute Gasteiger partial charge is 0.350 e. The standard InChI is InChI=1S/C20H15Cl3F3N3O/c1-11(12-5-6-16(22)17(23)7-12)19(30)27-10-15-9-18(20(24,25)26)28-29(15)14-4-2-3-13(21)8-14/h2-9,11H,10H2,1H3,(H,27,30). The predicted molar refractivity (Wildman–Crippen MR) is 110 cm³/mol. The first kappa shape index (κ1) is 22.5. The number of nitrogens with one attached hydrogen (secondary N) is 1. The molecular weight excluding hydrogens is 462 g/mol. The van der Waals surface area contributed by atoms with Crippen LogP contribution in [0.2, 0.25) is 15.1 Å². The molecule has 1 atom stereocenters.